The Balaban J connectivity index is 2.78. The Hall–Kier alpha value is -1.03. The van der Waals surface area contributed by atoms with Crippen LogP contribution < -0.4 is 11.5 Å². The van der Waals surface area contributed by atoms with E-state index in [0.717, 1.165) is 0 Å². The molecular formula is C8H13N3S. The van der Waals surface area contributed by atoms with Crippen molar-refractivity contribution in [2.75, 3.05) is 0 Å². The minimum absolute atomic E-state index is 0.0775. The summed E-state index contributed by atoms with van der Waals surface area (Å²) in [4.78, 5) is 5.24. The van der Waals surface area contributed by atoms with Crippen molar-refractivity contribution in [1.29, 1.82) is 0 Å². The minimum Gasteiger partial charge on any atom is -0.370 e. The number of aliphatic imine (C=N–C) groups is 1. The maximum atomic E-state index is 5.27. The van der Waals surface area contributed by atoms with Crippen LogP contribution in [0.15, 0.2) is 16.4 Å². The molecule has 66 valence electrons. The predicted octanol–water partition coefficient (Wildman–Crippen LogP) is 1.39. The third-order valence-electron chi connectivity index (χ3n) is 1.51. The number of thiophene rings is 1. The van der Waals surface area contributed by atoms with Gasteiger partial charge in [-0.05, 0) is 30.9 Å². The molecule has 1 aromatic heterocycles. The van der Waals surface area contributed by atoms with E-state index in [2.05, 4.69) is 23.4 Å². The number of rotatable bonds is 2. The number of guanidine groups is 1. The summed E-state index contributed by atoms with van der Waals surface area (Å²) in [7, 11) is 0. The molecule has 0 aromatic carbocycles. The molecule has 0 aliphatic heterocycles. The summed E-state index contributed by atoms with van der Waals surface area (Å²) in [6.07, 6.45) is 0. The molecule has 3 nitrogen and oxygen atoms in total. The van der Waals surface area contributed by atoms with E-state index >= 15 is 0 Å². The molecule has 0 saturated carbocycles. The number of hydrogen-bond acceptors (Lipinski definition) is 2. The number of aryl methyl sites for hydroxylation is 1. The average Bonchev–Trinajstić information content (AvgIpc) is 2.34. The summed E-state index contributed by atoms with van der Waals surface area (Å²) < 4.78 is 0. The van der Waals surface area contributed by atoms with Crippen molar-refractivity contribution >= 4 is 17.3 Å². The number of nitrogens with zero attached hydrogens (tertiary/aromatic N) is 1. The highest BCUT2D eigenvalue weighted by Gasteiger charge is 2.05. The van der Waals surface area contributed by atoms with Crippen LogP contribution in [-0.2, 0) is 0 Å². The fourth-order valence-electron chi connectivity index (χ4n) is 0.960. The van der Waals surface area contributed by atoms with Crippen molar-refractivity contribution in [3.05, 3.63) is 21.9 Å². The summed E-state index contributed by atoms with van der Waals surface area (Å²) in [6.45, 7) is 4.03. The van der Waals surface area contributed by atoms with Crippen molar-refractivity contribution < 1.29 is 0 Å². The van der Waals surface area contributed by atoms with Crippen LogP contribution >= 0.6 is 11.3 Å². The topological polar surface area (TPSA) is 64.4 Å². The molecule has 1 aromatic rings. The number of nitrogens with two attached hydrogens (primary N) is 2. The van der Waals surface area contributed by atoms with Gasteiger partial charge in [0.1, 0.15) is 0 Å². The lowest BCUT2D eigenvalue weighted by molar-refractivity contribution is 0.834. The van der Waals surface area contributed by atoms with Gasteiger partial charge in [-0.1, -0.05) is 0 Å². The van der Waals surface area contributed by atoms with Crippen molar-refractivity contribution in [2.45, 2.75) is 19.9 Å². The second kappa shape index (κ2) is 3.58. The highest BCUT2D eigenvalue weighted by Crippen LogP contribution is 2.23. The van der Waals surface area contributed by atoms with E-state index in [4.69, 9.17) is 11.5 Å². The smallest absolute Gasteiger partial charge is 0.186 e. The minimum atomic E-state index is 0.0775. The fourth-order valence-corrected chi connectivity index (χ4v) is 1.85. The summed E-state index contributed by atoms with van der Waals surface area (Å²) in [5.41, 5.74) is 11.8. The van der Waals surface area contributed by atoms with Crippen LogP contribution in [0.4, 0.5) is 0 Å². The van der Waals surface area contributed by atoms with E-state index < -0.39 is 0 Å². The SMILES string of the molecule is Cc1csc(C(C)N=C(N)N)c1. The van der Waals surface area contributed by atoms with Crippen LogP contribution in [0.25, 0.3) is 0 Å². The standard InChI is InChI=1S/C8H13N3S/c1-5-3-7(12-4-5)6(2)11-8(9)10/h3-4,6H,1-2H3,(H4,9,10,11). The van der Waals surface area contributed by atoms with E-state index in [-0.39, 0.29) is 12.0 Å². The first-order valence-electron chi connectivity index (χ1n) is 3.73. The maximum absolute atomic E-state index is 5.27. The molecule has 1 unspecified atom stereocenters. The van der Waals surface area contributed by atoms with E-state index in [1.807, 2.05) is 6.92 Å². The van der Waals surface area contributed by atoms with Crippen LogP contribution in [0.5, 0.6) is 0 Å². The lowest BCUT2D eigenvalue weighted by Gasteiger charge is -2.02. The molecule has 0 fully saturated rings. The number of hydrogen-bond donors (Lipinski definition) is 2. The molecular weight excluding hydrogens is 170 g/mol. The van der Waals surface area contributed by atoms with E-state index in [1.54, 1.807) is 11.3 Å². The van der Waals surface area contributed by atoms with Crippen molar-refractivity contribution in [2.24, 2.45) is 16.5 Å². The second-order valence-corrected chi connectivity index (χ2v) is 3.70. The van der Waals surface area contributed by atoms with Crippen molar-refractivity contribution in [3.8, 4) is 0 Å². The molecule has 0 bridgehead atoms. The van der Waals surface area contributed by atoms with Crippen LogP contribution in [0, 0.1) is 6.92 Å². The molecule has 0 amide bonds. The molecule has 0 aliphatic rings. The van der Waals surface area contributed by atoms with Gasteiger partial charge in [0.2, 0.25) is 0 Å². The predicted molar refractivity (Wildman–Crippen MR) is 53.3 cm³/mol. The molecule has 0 spiro atoms. The zero-order valence-electron chi connectivity index (χ0n) is 7.24. The van der Waals surface area contributed by atoms with Gasteiger partial charge in [0.05, 0.1) is 6.04 Å². The summed E-state index contributed by atoms with van der Waals surface area (Å²) >= 11 is 1.68. The highest BCUT2D eigenvalue weighted by molar-refractivity contribution is 7.10. The Kier molecular flexibility index (Phi) is 2.70. The summed E-state index contributed by atoms with van der Waals surface area (Å²) in [5, 5.41) is 2.09. The highest BCUT2D eigenvalue weighted by atomic mass is 32.1. The van der Waals surface area contributed by atoms with E-state index in [9.17, 15) is 0 Å². The maximum Gasteiger partial charge on any atom is 0.186 e. The zero-order chi connectivity index (χ0) is 9.14. The lowest BCUT2D eigenvalue weighted by Crippen LogP contribution is -2.23. The third kappa shape index (κ3) is 2.23. The van der Waals surface area contributed by atoms with Gasteiger partial charge in [-0.3, -0.25) is 0 Å². The van der Waals surface area contributed by atoms with Crippen LogP contribution in [0.3, 0.4) is 0 Å². The van der Waals surface area contributed by atoms with Crippen LogP contribution in [-0.4, -0.2) is 5.96 Å². The average molecular weight is 183 g/mol. The molecule has 4 heteroatoms. The monoisotopic (exact) mass is 183 g/mol. The normalized spacial score (nSPS) is 12.5. The first-order valence-corrected chi connectivity index (χ1v) is 4.61. The van der Waals surface area contributed by atoms with Gasteiger partial charge in [-0.25, -0.2) is 4.99 Å². The van der Waals surface area contributed by atoms with Crippen LogP contribution in [0.2, 0.25) is 0 Å². The van der Waals surface area contributed by atoms with Gasteiger partial charge in [0.25, 0.3) is 0 Å². The van der Waals surface area contributed by atoms with Crippen molar-refractivity contribution in [3.63, 3.8) is 0 Å². The first-order chi connectivity index (χ1) is 5.59. The molecule has 0 aliphatic carbocycles. The molecule has 1 atom stereocenters. The molecule has 4 N–H and O–H groups in total. The van der Waals surface area contributed by atoms with Gasteiger partial charge in [-0.2, -0.15) is 0 Å². The lowest BCUT2D eigenvalue weighted by atomic mass is 10.2. The molecule has 1 rings (SSSR count). The third-order valence-corrected chi connectivity index (χ3v) is 2.73. The quantitative estimate of drug-likeness (QED) is 0.537. The zero-order valence-corrected chi connectivity index (χ0v) is 8.06. The Bertz CT molecular complexity index is 286. The Morgan fingerprint density at radius 1 is 1.58 bits per heavy atom. The largest absolute Gasteiger partial charge is 0.370 e. The van der Waals surface area contributed by atoms with Crippen LogP contribution in [0.1, 0.15) is 23.4 Å². The summed E-state index contributed by atoms with van der Waals surface area (Å²) in [5.74, 6) is 0.147. The Morgan fingerprint density at radius 3 is 2.67 bits per heavy atom. The van der Waals surface area contributed by atoms with Crippen molar-refractivity contribution in [1.82, 2.24) is 0 Å². The molecule has 12 heavy (non-hydrogen) atoms. The van der Waals surface area contributed by atoms with Gasteiger partial charge in [0, 0.05) is 4.88 Å². The van der Waals surface area contributed by atoms with Gasteiger partial charge in [0.15, 0.2) is 5.96 Å². The molecule has 1 heterocycles. The first kappa shape index (κ1) is 9.06. The Labute approximate surface area is 76.1 Å². The Morgan fingerprint density at radius 2 is 2.25 bits per heavy atom. The van der Waals surface area contributed by atoms with E-state index in [0.29, 0.717) is 0 Å². The fraction of sp³-hybridized carbons (Fsp3) is 0.375. The van der Waals surface area contributed by atoms with Gasteiger partial charge >= 0.3 is 0 Å². The molecule has 0 radical (unpaired) electrons. The van der Waals surface area contributed by atoms with Gasteiger partial charge < -0.3 is 11.5 Å². The van der Waals surface area contributed by atoms with E-state index in [1.165, 1.54) is 10.4 Å². The second-order valence-electron chi connectivity index (χ2n) is 2.76. The van der Waals surface area contributed by atoms with Gasteiger partial charge in [-0.15, -0.1) is 11.3 Å². The molecule has 0 saturated heterocycles. The summed E-state index contributed by atoms with van der Waals surface area (Å²) in [6, 6.07) is 2.18.